The number of carbonyl (C=O) groups is 3. The molecule has 0 bridgehead atoms. The van der Waals surface area contributed by atoms with Crippen LogP contribution in [0.15, 0.2) is 70.7 Å². The van der Waals surface area contributed by atoms with Gasteiger partial charge in [0.25, 0.3) is 11.8 Å². The van der Waals surface area contributed by atoms with E-state index in [1.165, 1.54) is 13.2 Å². The summed E-state index contributed by atoms with van der Waals surface area (Å²) in [6.45, 7) is 2.54. The summed E-state index contributed by atoms with van der Waals surface area (Å²) >= 11 is 9.71. The number of barbiturate groups is 1. The Kier molecular flexibility index (Phi) is 8.15. The highest BCUT2D eigenvalue weighted by atomic mass is 79.9. The Hall–Kier alpha value is -3.82. The standard InChI is InChI=1S/C27H22BrClN2O6/c1-3-36-24-22(29)13-17(14-23(24)35-2)12-21-25(32)30-27(34)31(26(21)33)19-8-10-20(11-9-19)37-15-16-4-6-18(28)7-5-16/h4-14H,3,15H2,1-2H3,(H,30,32,34)/b21-12+. The highest BCUT2D eigenvalue weighted by Crippen LogP contribution is 2.37. The zero-order valence-electron chi connectivity index (χ0n) is 19.9. The first-order chi connectivity index (χ1) is 17.8. The number of hydrogen-bond donors (Lipinski definition) is 1. The number of hydrogen-bond acceptors (Lipinski definition) is 6. The lowest BCUT2D eigenvalue weighted by Gasteiger charge is -2.26. The smallest absolute Gasteiger partial charge is 0.335 e. The molecule has 0 unspecified atom stereocenters. The summed E-state index contributed by atoms with van der Waals surface area (Å²) in [5.41, 5.74) is 1.45. The Bertz CT molecular complexity index is 1370. The van der Waals surface area contributed by atoms with Crippen molar-refractivity contribution in [1.82, 2.24) is 5.32 Å². The van der Waals surface area contributed by atoms with E-state index in [0.717, 1.165) is 14.9 Å². The Morgan fingerprint density at radius 3 is 2.35 bits per heavy atom. The van der Waals surface area contributed by atoms with Crippen molar-refractivity contribution in [2.45, 2.75) is 13.5 Å². The molecule has 1 heterocycles. The lowest BCUT2D eigenvalue weighted by atomic mass is 10.1. The Morgan fingerprint density at radius 1 is 1.00 bits per heavy atom. The summed E-state index contributed by atoms with van der Waals surface area (Å²) in [5, 5.41) is 2.46. The van der Waals surface area contributed by atoms with Gasteiger partial charge >= 0.3 is 6.03 Å². The number of rotatable bonds is 8. The highest BCUT2D eigenvalue weighted by molar-refractivity contribution is 9.10. The molecule has 1 aliphatic heterocycles. The molecule has 8 nitrogen and oxygen atoms in total. The van der Waals surface area contributed by atoms with Crippen LogP contribution in [0.4, 0.5) is 10.5 Å². The van der Waals surface area contributed by atoms with Crippen LogP contribution in [0, 0.1) is 0 Å². The molecule has 1 aliphatic rings. The van der Waals surface area contributed by atoms with Crippen LogP contribution in [0.1, 0.15) is 18.1 Å². The summed E-state index contributed by atoms with van der Waals surface area (Å²) in [6, 6.07) is 16.4. The molecule has 0 saturated carbocycles. The van der Waals surface area contributed by atoms with E-state index in [9.17, 15) is 14.4 Å². The molecular weight excluding hydrogens is 564 g/mol. The van der Waals surface area contributed by atoms with Crippen molar-refractivity contribution in [3.05, 3.63) is 86.9 Å². The van der Waals surface area contributed by atoms with Gasteiger partial charge in [-0.05, 0) is 72.7 Å². The number of urea groups is 1. The zero-order chi connectivity index (χ0) is 26.5. The van der Waals surface area contributed by atoms with Gasteiger partial charge < -0.3 is 14.2 Å². The summed E-state index contributed by atoms with van der Waals surface area (Å²) in [7, 11) is 1.45. The Morgan fingerprint density at radius 2 is 1.70 bits per heavy atom. The second-order valence-electron chi connectivity index (χ2n) is 7.83. The van der Waals surface area contributed by atoms with Crippen molar-refractivity contribution in [3.8, 4) is 17.2 Å². The van der Waals surface area contributed by atoms with Gasteiger partial charge in [0, 0.05) is 4.47 Å². The fourth-order valence-electron chi connectivity index (χ4n) is 3.60. The maximum atomic E-state index is 13.2. The first-order valence-electron chi connectivity index (χ1n) is 11.2. The average molecular weight is 586 g/mol. The predicted octanol–water partition coefficient (Wildman–Crippen LogP) is 5.76. The van der Waals surface area contributed by atoms with Gasteiger partial charge in [-0.25, -0.2) is 9.69 Å². The molecule has 3 aromatic carbocycles. The van der Waals surface area contributed by atoms with Crippen molar-refractivity contribution < 1.29 is 28.6 Å². The summed E-state index contributed by atoms with van der Waals surface area (Å²) in [6.07, 6.45) is 1.34. The first-order valence-corrected chi connectivity index (χ1v) is 12.4. The normalized spacial score (nSPS) is 14.5. The van der Waals surface area contributed by atoms with Gasteiger partial charge in [-0.1, -0.05) is 39.7 Å². The SMILES string of the molecule is CCOc1c(Cl)cc(/C=C2\C(=O)NC(=O)N(c3ccc(OCc4ccc(Br)cc4)cc3)C2=O)cc1OC. The van der Waals surface area contributed by atoms with Crippen LogP contribution in [0.3, 0.4) is 0 Å². The van der Waals surface area contributed by atoms with E-state index in [1.54, 1.807) is 36.4 Å². The topological polar surface area (TPSA) is 94.2 Å². The third-order valence-electron chi connectivity index (χ3n) is 5.37. The number of nitrogens with one attached hydrogen (secondary N) is 1. The van der Waals surface area contributed by atoms with Gasteiger partial charge in [0.2, 0.25) is 0 Å². The minimum Gasteiger partial charge on any atom is -0.493 e. The van der Waals surface area contributed by atoms with Crippen LogP contribution in [0.2, 0.25) is 5.02 Å². The van der Waals surface area contributed by atoms with Gasteiger partial charge in [-0.2, -0.15) is 0 Å². The monoisotopic (exact) mass is 584 g/mol. The van der Waals surface area contributed by atoms with Crippen LogP contribution in [0.5, 0.6) is 17.2 Å². The minimum atomic E-state index is -0.849. The highest BCUT2D eigenvalue weighted by Gasteiger charge is 2.37. The maximum Gasteiger partial charge on any atom is 0.335 e. The van der Waals surface area contributed by atoms with Crippen molar-refractivity contribution in [2.75, 3.05) is 18.6 Å². The van der Waals surface area contributed by atoms with Gasteiger partial charge in [-0.15, -0.1) is 0 Å². The number of benzene rings is 3. The molecule has 4 amide bonds. The number of halogens is 2. The average Bonchev–Trinajstić information content (AvgIpc) is 2.88. The van der Waals surface area contributed by atoms with Gasteiger partial charge in [-0.3, -0.25) is 14.9 Å². The molecule has 0 spiro atoms. The van der Waals surface area contributed by atoms with Crippen molar-refractivity contribution >= 4 is 57.1 Å². The summed E-state index contributed by atoms with van der Waals surface area (Å²) < 4.78 is 17.6. The third-order valence-corrected chi connectivity index (χ3v) is 6.18. The molecule has 1 N–H and O–H groups in total. The summed E-state index contributed by atoms with van der Waals surface area (Å²) in [4.78, 5) is 39.2. The molecule has 0 radical (unpaired) electrons. The van der Waals surface area contributed by atoms with Crippen molar-refractivity contribution in [1.29, 1.82) is 0 Å². The number of amides is 4. The minimum absolute atomic E-state index is 0.238. The first kappa shape index (κ1) is 26.2. The number of ether oxygens (including phenoxy) is 3. The van der Waals surface area contributed by atoms with E-state index in [0.29, 0.717) is 36.0 Å². The van der Waals surface area contributed by atoms with Crippen LogP contribution in [0.25, 0.3) is 6.08 Å². The molecule has 1 fully saturated rings. The predicted molar refractivity (Wildman–Crippen MR) is 143 cm³/mol. The van der Waals surface area contributed by atoms with E-state index in [2.05, 4.69) is 21.2 Å². The number of anilines is 1. The number of imide groups is 2. The molecule has 10 heteroatoms. The van der Waals surface area contributed by atoms with E-state index >= 15 is 0 Å². The largest absolute Gasteiger partial charge is 0.493 e. The molecule has 4 rings (SSSR count). The zero-order valence-corrected chi connectivity index (χ0v) is 22.3. The molecule has 3 aromatic rings. The molecular formula is C27H22BrClN2O6. The lowest BCUT2D eigenvalue weighted by Crippen LogP contribution is -2.54. The number of carbonyl (C=O) groups excluding carboxylic acids is 3. The second kappa shape index (κ2) is 11.5. The van der Waals surface area contributed by atoms with Crippen LogP contribution in [-0.2, 0) is 16.2 Å². The quantitative estimate of drug-likeness (QED) is 0.267. The molecule has 1 saturated heterocycles. The van der Waals surface area contributed by atoms with E-state index in [1.807, 2.05) is 31.2 Å². The van der Waals surface area contributed by atoms with E-state index in [4.69, 9.17) is 25.8 Å². The maximum absolute atomic E-state index is 13.2. The second-order valence-corrected chi connectivity index (χ2v) is 9.16. The lowest BCUT2D eigenvalue weighted by molar-refractivity contribution is -0.122. The Balaban J connectivity index is 1.56. The molecule has 0 aromatic heterocycles. The summed E-state index contributed by atoms with van der Waals surface area (Å²) in [5.74, 6) is -0.338. The van der Waals surface area contributed by atoms with Gasteiger partial charge in [0.15, 0.2) is 11.5 Å². The third kappa shape index (κ3) is 5.95. The van der Waals surface area contributed by atoms with E-state index < -0.39 is 17.8 Å². The Labute approximate surface area is 226 Å². The van der Waals surface area contributed by atoms with Crippen LogP contribution in [-0.4, -0.2) is 31.6 Å². The van der Waals surface area contributed by atoms with Crippen molar-refractivity contribution in [2.24, 2.45) is 0 Å². The molecule has 190 valence electrons. The molecule has 37 heavy (non-hydrogen) atoms. The fraction of sp³-hybridized carbons (Fsp3) is 0.148. The van der Waals surface area contributed by atoms with Crippen molar-refractivity contribution in [3.63, 3.8) is 0 Å². The van der Waals surface area contributed by atoms with E-state index in [-0.39, 0.29) is 16.3 Å². The fourth-order valence-corrected chi connectivity index (χ4v) is 4.14. The number of methoxy groups -OCH3 is 1. The van der Waals surface area contributed by atoms with Gasteiger partial charge in [0.05, 0.1) is 24.4 Å². The van der Waals surface area contributed by atoms with Crippen LogP contribution >= 0.6 is 27.5 Å². The number of nitrogens with zero attached hydrogens (tertiary/aromatic N) is 1. The molecule has 0 atom stereocenters. The van der Waals surface area contributed by atoms with Gasteiger partial charge in [0.1, 0.15) is 17.9 Å². The molecule has 0 aliphatic carbocycles. The van der Waals surface area contributed by atoms with Crippen LogP contribution < -0.4 is 24.4 Å².